The number of hydrogen-bond donors (Lipinski definition) is 0. The van der Waals surface area contributed by atoms with Gasteiger partial charge in [0, 0.05) is 12.8 Å². The summed E-state index contributed by atoms with van der Waals surface area (Å²) in [4.78, 5) is 29.2. The smallest absolute Gasteiger partial charge is 0.419 e. The summed E-state index contributed by atoms with van der Waals surface area (Å²) in [5, 5.41) is 0. The minimum absolute atomic E-state index is 0.0311. The van der Waals surface area contributed by atoms with Crippen molar-refractivity contribution in [2.45, 2.75) is 49.9 Å². The van der Waals surface area contributed by atoms with Crippen LogP contribution in [-0.4, -0.2) is 62.4 Å². The molecule has 0 spiro atoms. The molecule has 0 aliphatic heterocycles. The Balaban J connectivity index is 1.50. The maximum Gasteiger partial charge on any atom is 0.419 e. The van der Waals surface area contributed by atoms with Crippen LogP contribution < -0.4 is 9.47 Å². The zero-order chi connectivity index (χ0) is 39.8. The van der Waals surface area contributed by atoms with E-state index in [1.165, 1.54) is 62.3 Å². The van der Waals surface area contributed by atoms with Crippen molar-refractivity contribution in [3.8, 4) is 11.5 Å². The van der Waals surface area contributed by atoms with E-state index in [0.717, 1.165) is 72.8 Å². The van der Waals surface area contributed by atoms with Gasteiger partial charge in [-0.1, -0.05) is 24.3 Å². The lowest BCUT2D eigenvalue weighted by atomic mass is 10.0. The summed E-state index contributed by atoms with van der Waals surface area (Å²) in [5.74, 6) is -3.91. The van der Waals surface area contributed by atoms with Crippen molar-refractivity contribution in [1.82, 2.24) is 9.80 Å². The topological polar surface area (TPSA) is 77.5 Å². The van der Waals surface area contributed by atoms with E-state index in [1.807, 2.05) is 0 Å². The molecule has 0 aromatic heterocycles. The first kappa shape index (κ1) is 41.5. The highest BCUT2D eigenvalue weighted by molar-refractivity contribution is 6.29. The van der Waals surface area contributed by atoms with Gasteiger partial charge in [0.1, 0.15) is 35.3 Å². The van der Waals surface area contributed by atoms with E-state index in [-0.39, 0.29) is 24.3 Å². The molecule has 0 saturated heterocycles. The summed E-state index contributed by atoms with van der Waals surface area (Å²) in [7, 11) is 6.10. The molecule has 16 heteroatoms. The highest BCUT2D eigenvalue weighted by Gasteiger charge is 2.34. The molecule has 0 amide bonds. The number of esters is 2. The molecule has 4 rings (SSSR count). The van der Waals surface area contributed by atoms with Gasteiger partial charge in [0.05, 0.1) is 11.1 Å². The Labute approximate surface area is 305 Å². The van der Waals surface area contributed by atoms with Gasteiger partial charge in [-0.3, -0.25) is 9.80 Å². The van der Waals surface area contributed by atoms with Crippen molar-refractivity contribution in [2.75, 3.05) is 28.2 Å². The summed E-state index contributed by atoms with van der Waals surface area (Å²) in [6.07, 6.45) is -13.9. The number of rotatable bonds is 14. The molecule has 0 aliphatic rings. The summed E-state index contributed by atoms with van der Waals surface area (Å²) < 4.78 is 129. The lowest BCUT2D eigenvalue weighted by molar-refractivity contribution is -0.185. The van der Waals surface area contributed by atoms with Crippen molar-refractivity contribution in [3.05, 3.63) is 131 Å². The van der Waals surface area contributed by atoms with Gasteiger partial charge in [-0.15, -0.1) is 0 Å². The number of carbonyl (C=O) groups is 2. The van der Waals surface area contributed by atoms with Crippen LogP contribution in [0.4, 0.5) is 35.1 Å². The molecular weight excluding hydrogens is 732 g/mol. The first-order valence-corrected chi connectivity index (χ1v) is 16.2. The summed E-state index contributed by atoms with van der Waals surface area (Å²) in [5.41, 5.74) is -1.04. The lowest BCUT2D eigenvalue weighted by Crippen LogP contribution is -2.41. The maximum absolute atomic E-state index is 13.8. The molecule has 0 bridgehead atoms. The molecule has 0 fully saturated rings. The molecule has 4 unspecified atom stereocenters. The quantitative estimate of drug-likeness (QED) is 0.0547. The Kier molecular flexibility index (Phi) is 13.6. The van der Waals surface area contributed by atoms with E-state index in [2.05, 4.69) is 0 Å². The average Bonchev–Trinajstić information content (AvgIpc) is 3.10. The molecule has 0 heterocycles. The second-order valence-electron chi connectivity index (χ2n) is 12.5. The van der Waals surface area contributed by atoms with Gasteiger partial charge in [-0.2, -0.15) is 26.3 Å². The highest BCUT2D eigenvalue weighted by atomic mass is 19.4. The van der Waals surface area contributed by atoms with Crippen molar-refractivity contribution in [1.29, 1.82) is 0 Å². The molecule has 0 aliphatic carbocycles. The van der Waals surface area contributed by atoms with Crippen molar-refractivity contribution < 1.29 is 63.7 Å². The molecule has 4 aromatic rings. The van der Waals surface area contributed by atoms with Crippen molar-refractivity contribution >= 4 is 11.9 Å². The van der Waals surface area contributed by atoms with Gasteiger partial charge in [-0.05, 0) is 112 Å². The van der Waals surface area contributed by atoms with Gasteiger partial charge >= 0.3 is 24.3 Å². The van der Waals surface area contributed by atoms with Crippen LogP contribution in [0.3, 0.4) is 0 Å². The lowest BCUT2D eigenvalue weighted by Gasteiger charge is -2.30. The SMILES string of the molecule is CN(C)C(CC(Oc1ccc(C(F)(F)F)cc1)c1ccc(F)cc1)OC(=O)C(=O)OC(CC(Oc1ccc(C(F)(F)F)cc1)c1ccc(F)cc1)N(C)C. The predicted molar refractivity (Wildman–Crippen MR) is 179 cm³/mol. The highest BCUT2D eigenvalue weighted by Crippen LogP contribution is 2.34. The minimum atomic E-state index is -4.58. The average molecular weight is 769 g/mol. The number of alkyl halides is 6. The Morgan fingerprint density at radius 2 is 0.815 bits per heavy atom. The summed E-state index contributed by atoms with van der Waals surface area (Å²) in [6.45, 7) is 0. The molecule has 0 N–H and O–H groups in total. The second-order valence-corrected chi connectivity index (χ2v) is 12.5. The van der Waals surface area contributed by atoms with Gasteiger partial charge in [0.2, 0.25) is 0 Å². The van der Waals surface area contributed by atoms with Crippen molar-refractivity contribution in [3.63, 3.8) is 0 Å². The van der Waals surface area contributed by atoms with Gasteiger partial charge in [0.25, 0.3) is 0 Å². The Morgan fingerprint density at radius 1 is 0.519 bits per heavy atom. The predicted octanol–water partition coefficient (Wildman–Crippen LogP) is 8.58. The van der Waals surface area contributed by atoms with Crippen LogP contribution in [0, 0.1) is 11.6 Å². The monoisotopic (exact) mass is 768 g/mol. The third-order valence-electron chi connectivity index (χ3n) is 8.04. The van der Waals surface area contributed by atoms with Crippen LogP contribution in [0.2, 0.25) is 0 Å². The Bertz CT molecular complexity index is 1680. The normalized spacial score (nSPS) is 14.3. The summed E-state index contributed by atoms with van der Waals surface area (Å²) in [6, 6.07) is 17.9. The number of carbonyl (C=O) groups excluding carboxylic acids is 2. The van der Waals surface area contributed by atoms with Crippen LogP contribution in [0.1, 0.15) is 47.3 Å². The van der Waals surface area contributed by atoms with Crippen LogP contribution in [0.25, 0.3) is 0 Å². The number of benzene rings is 4. The molecule has 8 nitrogen and oxygen atoms in total. The van der Waals surface area contributed by atoms with Crippen LogP contribution >= 0.6 is 0 Å². The summed E-state index contributed by atoms with van der Waals surface area (Å²) >= 11 is 0. The number of ether oxygens (including phenoxy) is 4. The van der Waals surface area contributed by atoms with E-state index in [1.54, 1.807) is 0 Å². The van der Waals surface area contributed by atoms with Crippen LogP contribution in [0.15, 0.2) is 97.1 Å². The molecule has 0 saturated carbocycles. The first-order chi connectivity index (χ1) is 25.3. The van der Waals surface area contributed by atoms with E-state index >= 15 is 0 Å². The van der Waals surface area contributed by atoms with E-state index in [9.17, 15) is 44.7 Å². The van der Waals surface area contributed by atoms with Crippen molar-refractivity contribution in [2.24, 2.45) is 0 Å². The van der Waals surface area contributed by atoms with E-state index < -0.39 is 71.7 Å². The first-order valence-electron chi connectivity index (χ1n) is 16.2. The molecule has 290 valence electrons. The fourth-order valence-corrected chi connectivity index (χ4v) is 5.07. The molecule has 54 heavy (non-hydrogen) atoms. The number of nitrogens with zero attached hydrogens (tertiary/aromatic N) is 2. The Hall–Kier alpha value is -5.22. The van der Waals surface area contributed by atoms with Crippen LogP contribution in [0.5, 0.6) is 11.5 Å². The van der Waals surface area contributed by atoms with Crippen LogP contribution in [-0.2, 0) is 31.4 Å². The fourth-order valence-electron chi connectivity index (χ4n) is 5.07. The zero-order valence-corrected chi connectivity index (χ0v) is 29.3. The third-order valence-corrected chi connectivity index (χ3v) is 8.04. The molecule has 4 aromatic carbocycles. The minimum Gasteiger partial charge on any atom is -0.486 e. The van der Waals surface area contributed by atoms with Gasteiger partial charge < -0.3 is 18.9 Å². The fraction of sp³-hybridized carbons (Fsp3) is 0.316. The van der Waals surface area contributed by atoms with Gasteiger partial charge in [0.15, 0.2) is 12.5 Å². The number of hydrogen-bond acceptors (Lipinski definition) is 8. The third kappa shape index (κ3) is 11.9. The zero-order valence-electron chi connectivity index (χ0n) is 29.3. The van der Waals surface area contributed by atoms with E-state index in [4.69, 9.17) is 18.9 Å². The van der Waals surface area contributed by atoms with Gasteiger partial charge in [-0.25, -0.2) is 18.4 Å². The second kappa shape index (κ2) is 17.7. The largest absolute Gasteiger partial charge is 0.486 e. The standard InChI is InChI=1S/C38H36F8N2O6/c1-47(2)33(21-31(23-5-13-27(39)14-6-23)51-29-17-9-25(10-18-29)37(41,42)43)53-35(49)36(50)54-34(48(3)4)22-32(24-7-15-28(40)16-8-24)52-30-19-11-26(12-20-30)38(44,45)46/h5-20,31-34H,21-22H2,1-4H3. The molecule has 0 radical (unpaired) electrons. The molecular formula is C38H36F8N2O6. The maximum atomic E-state index is 13.8. The number of halogens is 8. The van der Waals surface area contributed by atoms with E-state index in [0.29, 0.717) is 11.1 Å². The molecule has 4 atom stereocenters. The Morgan fingerprint density at radius 3 is 1.07 bits per heavy atom.